The molecule has 1 N–H and O–H groups in total. The van der Waals surface area contributed by atoms with Crippen molar-refractivity contribution in [3.8, 4) is 0 Å². The van der Waals surface area contributed by atoms with Gasteiger partial charge in [-0.05, 0) is 36.9 Å². The van der Waals surface area contributed by atoms with Gasteiger partial charge in [-0.2, -0.15) is 0 Å². The van der Waals surface area contributed by atoms with Crippen LogP contribution in [0.2, 0.25) is 0 Å². The average molecular weight is 209 g/mol. The summed E-state index contributed by atoms with van der Waals surface area (Å²) in [5, 5.41) is 3.15. The molecular formula is C12H19NS. The highest BCUT2D eigenvalue weighted by atomic mass is 32.2. The summed E-state index contributed by atoms with van der Waals surface area (Å²) in [6, 6.07) is 8.83. The van der Waals surface area contributed by atoms with E-state index in [1.807, 2.05) is 18.8 Å². The predicted octanol–water partition coefficient (Wildman–Crippen LogP) is 3.30. The fraction of sp³-hybridized carbons (Fsp3) is 0.500. The molecule has 14 heavy (non-hydrogen) atoms. The number of rotatable bonds is 6. The van der Waals surface area contributed by atoms with Gasteiger partial charge in [-0.1, -0.05) is 25.5 Å². The third-order valence-electron chi connectivity index (χ3n) is 2.07. The smallest absolute Gasteiger partial charge is 0.0202 e. The van der Waals surface area contributed by atoms with Crippen molar-refractivity contribution in [1.82, 2.24) is 5.32 Å². The summed E-state index contributed by atoms with van der Waals surface area (Å²) in [5.74, 6) is 1.24. The average Bonchev–Trinajstić information content (AvgIpc) is 2.21. The largest absolute Gasteiger partial charge is 0.316 e. The summed E-state index contributed by atoms with van der Waals surface area (Å²) in [6.07, 6.45) is 2.59. The van der Waals surface area contributed by atoms with Gasteiger partial charge in [-0.15, -0.1) is 11.8 Å². The lowest BCUT2D eigenvalue weighted by atomic mass is 10.2. The monoisotopic (exact) mass is 209 g/mol. The zero-order chi connectivity index (χ0) is 10.2. The molecule has 0 aliphatic carbocycles. The van der Waals surface area contributed by atoms with Gasteiger partial charge < -0.3 is 5.32 Å². The molecule has 0 saturated carbocycles. The Morgan fingerprint density at radius 2 is 1.93 bits per heavy atom. The van der Waals surface area contributed by atoms with E-state index < -0.39 is 0 Å². The molecule has 0 aliphatic rings. The molecule has 0 aromatic heterocycles. The maximum atomic E-state index is 3.15. The Kier molecular flexibility index (Phi) is 5.72. The third kappa shape index (κ3) is 4.16. The zero-order valence-electron chi connectivity index (χ0n) is 9.05. The van der Waals surface area contributed by atoms with Gasteiger partial charge in [0.05, 0.1) is 0 Å². The number of hydrogen-bond acceptors (Lipinski definition) is 2. The summed E-state index contributed by atoms with van der Waals surface area (Å²) >= 11 is 1.95. The molecule has 0 aliphatic heterocycles. The van der Waals surface area contributed by atoms with Crippen LogP contribution < -0.4 is 5.32 Å². The second-order valence-corrected chi connectivity index (χ2v) is 4.54. The second kappa shape index (κ2) is 6.91. The fourth-order valence-corrected chi connectivity index (χ4v) is 2.24. The Labute approximate surface area is 91.3 Å². The number of benzene rings is 1. The van der Waals surface area contributed by atoms with E-state index in [0.29, 0.717) is 0 Å². The van der Waals surface area contributed by atoms with Crippen molar-refractivity contribution in [3.63, 3.8) is 0 Å². The van der Waals surface area contributed by atoms with Gasteiger partial charge in [0, 0.05) is 11.4 Å². The van der Waals surface area contributed by atoms with Crippen molar-refractivity contribution in [2.45, 2.75) is 31.2 Å². The normalized spacial score (nSPS) is 10.4. The van der Waals surface area contributed by atoms with Crippen molar-refractivity contribution < 1.29 is 0 Å². The molecule has 0 bridgehead atoms. The van der Waals surface area contributed by atoms with Crippen molar-refractivity contribution in [2.24, 2.45) is 0 Å². The molecule has 1 aromatic carbocycles. The Morgan fingerprint density at radius 1 is 1.21 bits per heavy atom. The molecule has 0 atom stereocenters. The molecular weight excluding hydrogens is 190 g/mol. The van der Waals surface area contributed by atoms with E-state index in [2.05, 4.69) is 36.5 Å². The molecule has 78 valence electrons. The van der Waals surface area contributed by atoms with Gasteiger partial charge in [0.25, 0.3) is 0 Å². The summed E-state index contributed by atoms with van der Waals surface area (Å²) in [7, 11) is 1.98. The maximum absolute atomic E-state index is 3.15. The van der Waals surface area contributed by atoms with Crippen molar-refractivity contribution >= 4 is 11.8 Å². The summed E-state index contributed by atoms with van der Waals surface area (Å²) in [4.78, 5) is 1.39. The SMILES string of the molecule is CCCCSc1ccc(CNC)cc1. The Bertz CT molecular complexity index is 243. The van der Waals surface area contributed by atoms with Crippen LogP contribution in [0, 0.1) is 0 Å². The molecule has 0 saturated heterocycles. The lowest BCUT2D eigenvalue weighted by Gasteiger charge is -2.03. The van der Waals surface area contributed by atoms with Crippen LogP contribution in [-0.4, -0.2) is 12.8 Å². The number of unbranched alkanes of at least 4 members (excludes halogenated alkanes) is 1. The fourth-order valence-electron chi connectivity index (χ4n) is 1.24. The molecule has 1 nitrogen and oxygen atoms in total. The molecule has 0 fully saturated rings. The molecule has 0 radical (unpaired) electrons. The topological polar surface area (TPSA) is 12.0 Å². The van der Waals surface area contributed by atoms with E-state index >= 15 is 0 Å². The van der Waals surface area contributed by atoms with Gasteiger partial charge in [0.2, 0.25) is 0 Å². The van der Waals surface area contributed by atoms with Crippen LogP contribution in [0.3, 0.4) is 0 Å². The first-order chi connectivity index (χ1) is 6.86. The van der Waals surface area contributed by atoms with Gasteiger partial charge in [-0.25, -0.2) is 0 Å². The van der Waals surface area contributed by atoms with Crippen LogP contribution in [0.5, 0.6) is 0 Å². The predicted molar refractivity (Wildman–Crippen MR) is 64.8 cm³/mol. The first-order valence-corrected chi connectivity index (χ1v) is 6.21. The molecule has 1 aromatic rings. The molecule has 0 amide bonds. The minimum atomic E-state index is 0.958. The third-order valence-corrected chi connectivity index (χ3v) is 3.17. The Morgan fingerprint density at radius 3 is 2.50 bits per heavy atom. The summed E-state index contributed by atoms with van der Waals surface area (Å²) in [5.41, 5.74) is 1.35. The first kappa shape index (κ1) is 11.6. The highest BCUT2D eigenvalue weighted by Gasteiger charge is 1.94. The van der Waals surface area contributed by atoms with E-state index in [1.54, 1.807) is 0 Å². The van der Waals surface area contributed by atoms with E-state index in [9.17, 15) is 0 Å². The van der Waals surface area contributed by atoms with Crippen molar-refractivity contribution in [2.75, 3.05) is 12.8 Å². The highest BCUT2D eigenvalue weighted by molar-refractivity contribution is 7.99. The van der Waals surface area contributed by atoms with E-state index in [0.717, 1.165) is 6.54 Å². The Hall–Kier alpha value is -0.470. The summed E-state index contributed by atoms with van der Waals surface area (Å²) in [6.45, 7) is 3.19. The number of hydrogen-bond donors (Lipinski definition) is 1. The van der Waals surface area contributed by atoms with Crippen LogP contribution in [0.25, 0.3) is 0 Å². The second-order valence-electron chi connectivity index (χ2n) is 3.38. The standard InChI is InChI=1S/C12H19NS/c1-3-4-9-14-12-7-5-11(6-8-12)10-13-2/h5-8,13H,3-4,9-10H2,1-2H3. The van der Waals surface area contributed by atoms with Crippen LogP contribution in [0.15, 0.2) is 29.2 Å². The minimum absolute atomic E-state index is 0.958. The van der Waals surface area contributed by atoms with Crippen LogP contribution in [0.4, 0.5) is 0 Å². The first-order valence-electron chi connectivity index (χ1n) is 5.23. The zero-order valence-corrected chi connectivity index (χ0v) is 9.86. The minimum Gasteiger partial charge on any atom is -0.316 e. The maximum Gasteiger partial charge on any atom is 0.0202 e. The molecule has 0 spiro atoms. The van der Waals surface area contributed by atoms with Crippen LogP contribution >= 0.6 is 11.8 Å². The molecule has 2 heteroatoms. The van der Waals surface area contributed by atoms with E-state index in [-0.39, 0.29) is 0 Å². The Balaban J connectivity index is 2.38. The van der Waals surface area contributed by atoms with Gasteiger partial charge in [0.15, 0.2) is 0 Å². The number of nitrogens with one attached hydrogen (secondary N) is 1. The molecule has 0 unspecified atom stereocenters. The lowest BCUT2D eigenvalue weighted by molar-refractivity contribution is 0.817. The number of thioether (sulfide) groups is 1. The quantitative estimate of drug-likeness (QED) is 0.570. The van der Waals surface area contributed by atoms with E-state index in [1.165, 1.54) is 29.1 Å². The van der Waals surface area contributed by atoms with Gasteiger partial charge in [0.1, 0.15) is 0 Å². The van der Waals surface area contributed by atoms with Crippen molar-refractivity contribution in [3.05, 3.63) is 29.8 Å². The highest BCUT2D eigenvalue weighted by Crippen LogP contribution is 2.19. The van der Waals surface area contributed by atoms with Crippen LogP contribution in [-0.2, 0) is 6.54 Å². The van der Waals surface area contributed by atoms with Gasteiger partial charge >= 0.3 is 0 Å². The molecule has 0 heterocycles. The molecule has 1 rings (SSSR count). The summed E-state index contributed by atoms with van der Waals surface area (Å²) < 4.78 is 0. The van der Waals surface area contributed by atoms with E-state index in [4.69, 9.17) is 0 Å². The van der Waals surface area contributed by atoms with Crippen LogP contribution in [0.1, 0.15) is 25.3 Å². The lowest BCUT2D eigenvalue weighted by Crippen LogP contribution is -2.04. The van der Waals surface area contributed by atoms with Gasteiger partial charge in [-0.3, -0.25) is 0 Å². The van der Waals surface area contributed by atoms with Crippen molar-refractivity contribution in [1.29, 1.82) is 0 Å².